The molecular weight excluding hydrogens is 142 g/mol. The molecular formula is C6H8NaOP. The van der Waals surface area contributed by atoms with Crippen LogP contribution in [0.1, 0.15) is 0 Å². The molecule has 1 atom stereocenters. The fraction of sp³-hybridized carbons (Fsp3) is 0. The first-order chi connectivity index (χ1) is 3.93. The van der Waals surface area contributed by atoms with Crippen LogP contribution in [0.25, 0.3) is 0 Å². The second-order valence-electron chi connectivity index (χ2n) is 1.48. The summed E-state index contributed by atoms with van der Waals surface area (Å²) in [5, 5.41) is 0.993. The summed E-state index contributed by atoms with van der Waals surface area (Å²) in [5.74, 6) is 0. The Labute approximate surface area is 78.6 Å². The molecule has 0 amide bonds. The van der Waals surface area contributed by atoms with Gasteiger partial charge in [-0.05, 0) is 5.30 Å². The Hall–Kier alpha value is 0.610. The Balaban J connectivity index is 0.000000640. The molecule has 1 rings (SSSR count). The van der Waals surface area contributed by atoms with Crippen molar-refractivity contribution in [2.24, 2.45) is 0 Å². The van der Waals surface area contributed by atoms with Crippen molar-refractivity contribution in [1.82, 2.24) is 0 Å². The Morgan fingerprint density at radius 3 is 2.00 bits per heavy atom. The third-order valence-electron chi connectivity index (χ3n) is 0.903. The van der Waals surface area contributed by atoms with Crippen LogP contribution >= 0.6 is 8.81 Å². The van der Waals surface area contributed by atoms with Gasteiger partial charge in [0.15, 0.2) is 0 Å². The van der Waals surface area contributed by atoms with Crippen molar-refractivity contribution in [2.45, 2.75) is 0 Å². The van der Waals surface area contributed by atoms with Gasteiger partial charge in [0.05, 0.1) is 0 Å². The predicted molar refractivity (Wildman–Crippen MR) is 43.8 cm³/mol. The molecule has 44 valence electrons. The number of benzene rings is 1. The summed E-state index contributed by atoms with van der Waals surface area (Å²) >= 11 is 0. The van der Waals surface area contributed by atoms with Crippen molar-refractivity contribution in [3.8, 4) is 0 Å². The van der Waals surface area contributed by atoms with E-state index in [4.69, 9.17) is 4.89 Å². The zero-order chi connectivity index (χ0) is 5.82. The van der Waals surface area contributed by atoms with Gasteiger partial charge in [-0.1, -0.05) is 30.3 Å². The van der Waals surface area contributed by atoms with E-state index in [0.717, 1.165) is 5.30 Å². The fourth-order valence-electron chi connectivity index (χ4n) is 0.513. The minimum atomic E-state index is -0.0700. The van der Waals surface area contributed by atoms with Gasteiger partial charge in [-0.25, -0.2) is 0 Å². The van der Waals surface area contributed by atoms with E-state index in [9.17, 15) is 0 Å². The maximum atomic E-state index is 8.57. The predicted octanol–water partition coefficient (Wildman–Crippen LogP) is 0.249. The van der Waals surface area contributed by atoms with Crippen molar-refractivity contribution in [2.75, 3.05) is 0 Å². The Kier molecular flexibility index (Phi) is 5.77. The molecule has 0 radical (unpaired) electrons. The molecule has 1 nitrogen and oxygen atoms in total. The van der Waals surface area contributed by atoms with E-state index in [1.54, 1.807) is 0 Å². The molecule has 0 saturated carbocycles. The number of hydrogen-bond donors (Lipinski definition) is 1. The van der Waals surface area contributed by atoms with E-state index in [1.165, 1.54) is 0 Å². The van der Waals surface area contributed by atoms with Gasteiger partial charge in [-0.15, -0.1) is 0 Å². The zero-order valence-corrected chi connectivity index (χ0v) is 5.33. The van der Waals surface area contributed by atoms with Crippen LogP contribution < -0.4 is 5.30 Å². The van der Waals surface area contributed by atoms with Crippen LogP contribution in [-0.2, 0) is 0 Å². The molecule has 9 heavy (non-hydrogen) atoms. The first-order valence-corrected chi connectivity index (χ1v) is 3.33. The van der Waals surface area contributed by atoms with Gasteiger partial charge in [0, 0.05) is 8.81 Å². The third kappa shape index (κ3) is 3.34. The van der Waals surface area contributed by atoms with Crippen molar-refractivity contribution >= 4 is 43.7 Å². The molecule has 0 spiro atoms. The van der Waals surface area contributed by atoms with Crippen molar-refractivity contribution < 1.29 is 4.89 Å². The zero-order valence-electron chi connectivity index (χ0n) is 4.33. The topological polar surface area (TPSA) is 20.2 Å². The molecule has 1 N–H and O–H groups in total. The van der Waals surface area contributed by atoms with E-state index in [1.807, 2.05) is 30.3 Å². The summed E-state index contributed by atoms with van der Waals surface area (Å²) in [4.78, 5) is 8.57. The van der Waals surface area contributed by atoms with Gasteiger partial charge in [0.1, 0.15) is 0 Å². The van der Waals surface area contributed by atoms with Gasteiger partial charge in [-0.2, -0.15) is 0 Å². The normalized spacial score (nSPS) is 9.44. The average Bonchev–Trinajstić information content (AvgIpc) is 1.90. The summed E-state index contributed by atoms with van der Waals surface area (Å²) < 4.78 is 0. The molecule has 0 fully saturated rings. The second kappa shape index (κ2) is 5.40. The average molecular weight is 150 g/mol. The monoisotopic (exact) mass is 150 g/mol. The summed E-state index contributed by atoms with van der Waals surface area (Å²) in [6.45, 7) is 0. The van der Waals surface area contributed by atoms with Crippen molar-refractivity contribution in [3.63, 3.8) is 0 Å². The molecule has 0 aromatic heterocycles. The molecule has 0 bridgehead atoms. The summed E-state index contributed by atoms with van der Waals surface area (Å²) in [6.07, 6.45) is 0. The minimum absolute atomic E-state index is 0. The van der Waals surface area contributed by atoms with E-state index in [2.05, 4.69) is 0 Å². The number of rotatable bonds is 1. The SMILES string of the molecule is OPc1ccccc1.[NaH]. The standard InChI is InChI=1S/C6H7OP.Na.H/c7-8-6-4-2-1-3-5-6;;/h1-5,7-8H;;. The molecule has 0 heterocycles. The van der Waals surface area contributed by atoms with Crippen LogP contribution in [0.5, 0.6) is 0 Å². The van der Waals surface area contributed by atoms with Gasteiger partial charge in [0.25, 0.3) is 0 Å². The van der Waals surface area contributed by atoms with Crippen LogP contribution in [0, 0.1) is 0 Å². The molecule has 1 aromatic rings. The van der Waals surface area contributed by atoms with Crippen molar-refractivity contribution in [1.29, 1.82) is 0 Å². The second-order valence-corrected chi connectivity index (χ2v) is 2.28. The van der Waals surface area contributed by atoms with Gasteiger partial charge < -0.3 is 4.89 Å². The third-order valence-corrected chi connectivity index (χ3v) is 1.49. The molecule has 0 aliphatic heterocycles. The number of hydrogen-bond acceptors (Lipinski definition) is 1. The van der Waals surface area contributed by atoms with Crippen molar-refractivity contribution in [3.05, 3.63) is 30.3 Å². The Morgan fingerprint density at radius 2 is 1.67 bits per heavy atom. The maximum absolute atomic E-state index is 8.57. The quantitative estimate of drug-likeness (QED) is 0.449. The van der Waals surface area contributed by atoms with Crippen LogP contribution in [0.3, 0.4) is 0 Å². The van der Waals surface area contributed by atoms with E-state index in [0.29, 0.717) is 0 Å². The molecule has 1 aromatic carbocycles. The summed E-state index contributed by atoms with van der Waals surface area (Å²) in [5.41, 5.74) is 0. The molecule has 1 unspecified atom stereocenters. The van der Waals surface area contributed by atoms with E-state index in [-0.39, 0.29) is 38.4 Å². The van der Waals surface area contributed by atoms with Gasteiger partial charge in [0.2, 0.25) is 0 Å². The molecule has 3 heteroatoms. The summed E-state index contributed by atoms with van der Waals surface area (Å²) in [6, 6.07) is 9.57. The van der Waals surface area contributed by atoms with Crippen LogP contribution in [-0.4, -0.2) is 34.5 Å². The molecule has 0 saturated heterocycles. The van der Waals surface area contributed by atoms with Crippen LogP contribution in [0.4, 0.5) is 0 Å². The molecule has 0 aliphatic carbocycles. The Bertz CT molecular complexity index is 154. The van der Waals surface area contributed by atoms with Gasteiger partial charge >= 0.3 is 29.6 Å². The Morgan fingerprint density at radius 1 is 1.11 bits per heavy atom. The van der Waals surface area contributed by atoms with Gasteiger partial charge in [-0.3, -0.25) is 0 Å². The fourth-order valence-corrected chi connectivity index (χ4v) is 0.854. The van der Waals surface area contributed by atoms with Crippen LogP contribution in [0.15, 0.2) is 30.3 Å². The van der Waals surface area contributed by atoms with E-state index < -0.39 is 0 Å². The molecule has 0 aliphatic rings. The first kappa shape index (κ1) is 9.61. The summed E-state index contributed by atoms with van der Waals surface area (Å²) in [7, 11) is -0.0700. The first-order valence-electron chi connectivity index (χ1n) is 2.38. The van der Waals surface area contributed by atoms with E-state index >= 15 is 0 Å². The van der Waals surface area contributed by atoms with Crippen LogP contribution in [0.2, 0.25) is 0 Å².